The minimum atomic E-state index is 0. The first-order valence-electron chi connectivity index (χ1n) is 8.24. The van der Waals surface area contributed by atoms with Gasteiger partial charge in [-0.1, -0.05) is 79.6 Å². The maximum Gasteiger partial charge on any atom is 0.0504 e. The van der Waals surface area contributed by atoms with Gasteiger partial charge in [-0.15, -0.1) is 0 Å². The molecule has 2 heteroatoms. The van der Waals surface area contributed by atoms with E-state index in [9.17, 15) is 0 Å². The molecule has 0 aromatic rings. The van der Waals surface area contributed by atoms with Crippen molar-refractivity contribution in [3.05, 3.63) is 0 Å². The van der Waals surface area contributed by atoms with Crippen LogP contribution in [0.5, 0.6) is 0 Å². The van der Waals surface area contributed by atoms with E-state index in [0.717, 1.165) is 0 Å². The first-order chi connectivity index (χ1) is 8.83. The molecular weight excluding hydrogens is 244 g/mol. The Balaban J connectivity index is 0. The van der Waals surface area contributed by atoms with Gasteiger partial charge in [0, 0.05) is 13.1 Å². The Labute approximate surface area is 129 Å². The van der Waals surface area contributed by atoms with Crippen LogP contribution in [0.15, 0.2) is 0 Å². The van der Waals surface area contributed by atoms with E-state index in [2.05, 4.69) is 23.8 Å². The van der Waals surface area contributed by atoms with Gasteiger partial charge in [0.1, 0.15) is 0 Å². The molecule has 0 radical (unpaired) electrons. The highest BCUT2D eigenvalue weighted by Gasteiger charge is 2.14. The third kappa shape index (κ3) is 11.7. The smallest absolute Gasteiger partial charge is 0.0504 e. The van der Waals surface area contributed by atoms with Crippen molar-refractivity contribution in [3.63, 3.8) is 0 Å². The Morgan fingerprint density at radius 2 is 1.20 bits per heavy atom. The van der Waals surface area contributed by atoms with Crippen LogP contribution in [-0.4, -0.2) is 43.2 Å². The van der Waals surface area contributed by atoms with Crippen LogP contribution < -0.4 is 0 Å². The summed E-state index contributed by atoms with van der Waals surface area (Å²) in [6.45, 7) is 7.35. The zero-order valence-corrected chi connectivity index (χ0v) is 12.8. The summed E-state index contributed by atoms with van der Waals surface area (Å²) in [6, 6.07) is 0. The predicted molar refractivity (Wildman–Crippen MR) is 94.4 cm³/mol. The molecule has 2 nitrogen and oxygen atoms in total. The molecule has 20 heavy (non-hydrogen) atoms. The fourth-order valence-electron chi connectivity index (χ4n) is 2.80. The summed E-state index contributed by atoms with van der Waals surface area (Å²) >= 11 is 0. The standard InChI is InChI=1S/C16H34N2.2CH4/c1-3-4-5-6-7-8-9-10-11-12-13-18-15-14-17(2)16-18;;/h3-16H2,1-2H3;2*1H4. The molecule has 0 bridgehead atoms. The molecule has 0 aliphatic carbocycles. The van der Waals surface area contributed by atoms with Crippen LogP contribution in [0.3, 0.4) is 0 Å². The van der Waals surface area contributed by atoms with Crippen molar-refractivity contribution in [2.24, 2.45) is 0 Å². The summed E-state index contributed by atoms with van der Waals surface area (Å²) in [6.07, 6.45) is 14.4. The second-order valence-corrected chi connectivity index (χ2v) is 6.02. The van der Waals surface area contributed by atoms with Gasteiger partial charge in [-0.3, -0.25) is 9.80 Å². The van der Waals surface area contributed by atoms with Crippen molar-refractivity contribution in [2.75, 3.05) is 33.4 Å². The molecule has 0 spiro atoms. The highest BCUT2D eigenvalue weighted by atomic mass is 15.4. The van der Waals surface area contributed by atoms with E-state index in [1.54, 1.807) is 0 Å². The van der Waals surface area contributed by atoms with E-state index in [1.807, 2.05) is 0 Å². The van der Waals surface area contributed by atoms with Crippen LogP contribution in [0.2, 0.25) is 0 Å². The molecule has 0 N–H and O–H groups in total. The van der Waals surface area contributed by atoms with Crippen molar-refractivity contribution in [3.8, 4) is 0 Å². The summed E-state index contributed by atoms with van der Waals surface area (Å²) in [4.78, 5) is 5.00. The van der Waals surface area contributed by atoms with Gasteiger partial charge in [-0.05, 0) is 20.0 Å². The summed E-state index contributed by atoms with van der Waals surface area (Å²) in [7, 11) is 2.22. The third-order valence-corrected chi connectivity index (χ3v) is 4.07. The van der Waals surface area contributed by atoms with Gasteiger partial charge in [0.05, 0.1) is 6.67 Å². The van der Waals surface area contributed by atoms with Crippen LogP contribution in [0.25, 0.3) is 0 Å². The zero-order chi connectivity index (χ0) is 13.1. The van der Waals surface area contributed by atoms with E-state index in [4.69, 9.17) is 0 Å². The minimum absolute atomic E-state index is 0. The second-order valence-electron chi connectivity index (χ2n) is 6.02. The Morgan fingerprint density at radius 3 is 1.65 bits per heavy atom. The maximum atomic E-state index is 2.59. The second kappa shape index (κ2) is 15.3. The summed E-state index contributed by atoms with van der Waals surface area (Å²) < 4.78 is 0. The lowest BCUT2D eigenvalue weighted by Crippen LogP contribution is -2.24. The first-order valence-corrected chi connectivity index (χ1v) is 8.24. The van der Waals surface area contributed by atoms with Crippen molar-refractivity contribution in [1.29, 1.82) is 0 Å². The molecule has 0 unspecified atom stereocenters. The molecule has 1 saturated heterocycles. The fourth-order valence-corrected chi connectivity index (χ4v) is 2.80. The lowest BCUT2D eigenvalue weighted by Gasteiger charge is -2.14. The SMILES string of the molecule is C.C.CCCCCCCCCCCCN1CCN(C)C1. The van der Waals surface area contributed by atoms with Gasteiger partial charge >= 0.3 is 0 Å². The normalized spacial score (nSPS) is 15.9. The monoisotopic (exact) mass is 286 g/mol. The van der Waals surface area contributed by atoms with E-state index in [0.29, 0.717) is 0 Å². The molecule has 1 rings (SSSR count). The van der Waals surface area contributed by atoms with Crippen LogP contribution in [0.1, 0.15) is 86.0 Å². The van der Waals surface area contributed by atoms with E-state index < -0.39 is 0 Å². The van der Waals surface area contributed by atoms with Crippen LogP contribution in [0, 0.1) is 0 Å². The van der Waals surface area contributed by atoms with Gasteiger partial charge in [-0.2, -0.15) is 0 Å². The van der Waals surface area contributed by atoms with Gasteiger partial charge in [-0.25, -0.2) is 0 Å². The molecule has 0 saturated carbocycles. The topological polar surface area (TPSA) is 6.48 Å². The van der Waals surface area contributed by atoms with Crippen LogP contribution in [0.4, 0.5) is 0 Å². The highest BCUT2D eigenvalue weighted by Crippen LogP contribution is 2.11. The molecule has 1 fully saturated rings. The number of unbranched alkanes of at least 4 members (excludes halogenated alkanes) is 9. The number of likely N-dealkylation sites (N-methyl/N-ethyl adjacent to an activating group) is 1. The number of hydrogen-bond donors (Lipinski definition) is 0. The average Bonchev–Trinajstić information content (AvgIpc) is 2.77. The molecule has 1 aliphatic heterocycles. The highest BCUT2D eigenvalue weighted by molar-refractivity contribution is 4.67. The zero-order valence-electron chi connectivity index (χ0n) is 12.8. The fraction of sp³-hybridized carbons (Fsp3) is 1.00. The molecule has 0 atom stereocenters. The Bertz CT molecular complexity index is 182. The molecule has 124 valence electrons. The van der Waals surface area contributed by atoms with Gasteiger partial charge in [0.15, 0.2) is 0 Å². The van der Waals surface area contributed by atoms with Crippen LogP contribution >= 0.6 is 0 Å². The summed E-state index contributed by atoms with van der Waals surface area (Å²) in [5.74, 6) is 0. The molecule has 1 aliphatic rings. The van der Waals surface area contributed by atoms with Gasteiger partial charge in [0.2, 0.25) is 0 Å². The molecule has 0 amide bonds. The first kappa shape index (κ1) is 22.2. The van der Waals surface area contributed by atoms with E-state index in [-0.39, 0.29) is 14.9 Å². The van der Waals surface area contributed by atoms with Crippen molar-refractivity contribution in [2.45, 2.75) is 86.0 Å². The van der Waals surface area contributed by atoms with Crippen molar-refractivity contribution in [1.82, 2.24) is 9.80 Å². The lowest BCUT2D eigenvalue weighted by molar-refractivity contribution is 0.269. The largest absolute Gasteiger partial charge is 0.292 e. The number of nitrogens with zero attached hydrogens (tertiary/aromatic N) is 2. The third-order valence-electron chi connectivity index (χ3n) is 4.07. The molecule has 1 heterocycles. The molecule has 0 aromatic heterocycles. The molecule has 0 aromatic carbocycles. The predicted octanol–water partition coefficient (Wildman–Crippen LogP) is 5.38. The Hall–Kier alpha value is -0.0800. The number of hydrogen-bond acceptors (Lipinski definition) is 2. The maximum absolute atomic E-state index is 2.59. The lowest BCUT2D eigenvalue weighted by atomic mass is 10.1. The van der Waals surface area contributed by atoms with Crippen LogP contribution in [-0.2, 0) is 0 Å². The van der Waals surface area contributed by atoms with Crippen molar-refractivity contribution >= 4 is 0 Å². The van der Waals surface area contributed by atoms with Gasteiger partial charge < -0.3 is 0 Å². The minimum Gasteiger partial charge on any atom is -0.292 e. The number of rotatable bonds is 11. The summed E-state index contributed by atoms with van der Waals surface area (Å²) in [5.41, 5.74) is 0. The summed E-state index contributed by atoms with van der Waals surface area (Å²) in [5, 5.41) is 0. The van der Waals surface area contributed by atoms with E-state index >= 15 is 0 Å². The molecular formula is C18H42N2. The van der Waals surface area contributed by atoms with Gasteiger partial charge in [0.25, 0.3) is 0 Å². The van der Waals surface area contributed by atoms with E-state index in [1.165, 1.54) is 90.5 Å². The Morgan fingerprint density at radius 1 is 0.700 bits per heavy atom. The average molecular weight is 287 g/mol. The quantitative estimate of drug-likeness (QED) is 0.470. The Kier molecular flexibility index (Phi) is 17.0. The van der Waals surface area contributed by atoms with Crippen molar-refractivity contribution < 1.29 is 0 Å².